The molecule has 7 heteroatoms. The monoisotopic (exact) mass is 382 g/mol. The number of aryl methyl sites for hydroxylation is 1. The van der Waals surface area contributed by atoms with Gasteiger partial charge >= 0.3 is 0 Å². The minimum atomic E-state index is 0.0168. The first-order valence-corrected chi connectivity index (χ1v) is 10.3. The van der Waals surface area contributed by atoms with E-state index in [4.69, 9.17) is 0 Å². The van der Waals surface area contributed by atoms with E-state index in [1.54, 1.807) is 23.1 Å². The lowest BCUT2D eigenvalue weighted by Gasteiger charge is -2.05. The Bertz CT molecular complexity index is 1040. The van der Waals surface area contributed by atoms with Gasteiger partial charge in [0, 0.05) is 12.8 Å². The predicted octanol–water partition coefficient (Wildman–Crippen LogP) is 3.73. The number of thiazole rings is 1. The van der Waals surface area contributed by atoms with E-state index >= 15 is 0 Å². The zero-order valence-electron chi connectivity index (χ0n) is 14.3. The molecule has 4 rings (SSSR count). The van der Waals surface area contributed by atoms with Crippen LogP contribution < -0.4 is 5.32 Å². The fourth-order valence-corrected chi connectivity index (χ4v) is 4.67. The number of amides is 1. The van der Waals surface area contributed by atoms with Crippen molar-refractivity contribution in [2.75, 3.05) is 5.75 Å². The first kappa shape index (κ1) is 17.1. The van der Waals surface area contributed by atoms with E-state index in [2.05, 4.69) is 21.4 Å². The summed E-state index contributed by atoms with van der Waals surface area (Å²) < 4.78 is 3.21. The van der Waals surface area contributed by atoms with Crippen LogP contribution in [0, 0.1) is 0 Å². The second-order valence-electron chi connectivity index (χ2n) is 5.92. The number of aromatic nitrogens is 3. The van der Waals surface area contributed by atoms with Crippen LogP contribution in [-0.2, 0) is 24.1 Å². The number of thioether (sulfide) groups is 1. The SMILES string of the molecule is Cn1c(CNC(=O)CSCc2nc3ccccc3s2)nc2ccccc21. The Morgan fingerprint density at radius 2 is 1.88 bits per heavy atom. The zero-order valence-corrected chi connectivity index (χ0v) is 15.9. The number of hydrogen-bond acceptors (Lipinski definition) is 5. The standard InChI is InChI=1S/C19H18N4OS2/c1-23-15-8-4-2-6-13(15)21-17(23)10-20-18(24)11-25-12-19-22-14-7-3-5-9-16(14)26-19/h2-9H,10-12H2,1H3,(H,20,24). The highest BCUT2D eigenvalue weighted by molar-refractivity contribution is 7.99. The van der Waals surface area contributed by atoms with E-state index in [1.807, 2.05) is 54.1 Å². The summed E-state index contributed by atoms with van der Waals surface area (Å²) in [4.78, 5) is 21.3. The Kier molecular flexibility index (Phi) is 4.90. The van der Waals surface area contributed by atoms with Crippen LogP contribution in [0.5, 0.6) is 0 Å². The second-order valence-corrected chi connectivity index (χ2v) is 8.02. The number of imidazole rings is 1. The van der Waals surface area contributed by atoms with Gasteiger partial charge in [-0.15, -0.1) is 23.1 Å². The molecule has 0 radical (unpaired) electrons. The molecule has 0 saturated heterocycles. The van der Waals surface area contributed by atoms with E-state index in [1.165, 1.54) is 4.70 Å². The number of fused-ring (bicyclic) bond motifs is 2. The van der Waals surface area contributed by atoms with Crippen molar-refractivity contribution in [3.8, 4) is 0 Å². The van der Waals surface area contributed by atoms with Crippen LogP contribution in [0.15, 0.2) is 48.5 Å². The second kappa shape index (κ2) is 7.47. The molecule has 26 heavy (non-hydrogen) atoms. The van der Waals surface area contributed by atoms with Crippen molar-refractivity contribution in [2.24, 2.45) is 7.05 Å². The lowest BCUT2D eigenvalue weighted by Crippen LogP contribution is -2.26. The average molecular weight is 383 g/mol. The van der Waals surface area contributed by atoms with Crippen LogP contribution >= 0.6 is 23.1 Å². The van der Waals surface area contributed by atoms with Crippen LogP contribution in [0.2, 0.25) is 0 Å². The molecular weight excluding hydrogens is 364 g/mol. The van der Waals surface area contributed by atoms with E-state index in [-0.39, 0.29) is 5.91 Å². The van der Waals surface area contributed by atoms with E-state index in [0.29, 0.717) is 12.3 Å². The first-order chi connectivity index (χ1) is 12.7. The highest BCUT2D eigenvalue weighted by atomic mass is 32.2. The molecule has 0 atom stereocenters. The summed E-state index contributed by atoms with van der Waals surface area (Å²) >= 11 is 3.27. The molecule has 1 amide bonds. The molecule has 2 aromatic carbocycles. The number of rotatable bonds is 6. The van der Waals surface area contributed by atoms with Crippen molar-refractivity contribution >= 4 is 50.3 Å². The van der Waals surface area contributed by atoms with Crippen LogP contribution in [0.4, 0.5) is 0 Å². The van der Waals surface area contributed by atoms with Gasteiger partial charge in [-0.1, -0.05) is 24.3 Å². The molecule has 132 valence electrons. The Morgan fingerprint density at radius 1 is 1.12 bits per heavy atom. The number of carbonyl (C=O) groups is 1. The summed E-state index contributed by atoms with van der Waals surface area (Å²) in [5.74, 6) is 2.04. The normalized spacial score (nSPS) is 11.3. The molecule has 0 bridgehead atoms. The molecule has 0 aliphatic rings. The van der Waals surface area contributed by atoms with Gasteiger partial charge in [0.25, 0.3) is 0 Å². The molecule has 0 unspecified atom stereocenters. The fraction of sp³-hybridized carbons (Fsp3) is 0.211. The van der Waals surface area contributed by atoms with Gasteiger partial charge in [-0.05, 0) is 24.3 Å². The first-order valence-electron chi connectivity index (χ1n) is 8.30. The largest absolute Gasteiger partial charge is 0.348 e. The van der Waals surface area contributed by atoms with E-state index < -0.39 is 0 Å². The zero-order chi connectivity index (χ0) is 17.9. The number of nitrogens with zero attached hydrogens (tertiary/aromatic N) is 3. The Labute approximate surface area is 159 Å². The van der Waals surface area contributed by atoms with Crippen molar-refractivity contribution < 1.29 is 4.79 Å². The average Bonchev–Trinajstić information content (AvgIpc) is 3.21. The van der Waals surface area contributed by atoms with Gasteiger partial charge < -0.3 is 9.88 Å². The number of hydrogen-bond donors (Lipinski definition) is 1. The number of carbonyl (C=O) groups excluding carboxylic acids is 1. The lowest BCUT2D eigenvalue weighted by atomic mass is 10.3. The van der Waals surface area contributed by atoms with Crippen LogP contribution in [0.1, 0.15) is 10.8 Å². The molecule has 0 aliphatic carbocycles. The summed E-state index contributed by atoms with van der Waals surface area (Å²) in [5.41, 5.74) is 3.05. The van der Waals surface area contributed by atoms with Crippen LogP contribution in [0.3, 0.4) is 0 Å². The summed E-state index contributed by atoms with van der Waals surface area (Å²) in [6, 6.07) is 16.1. The van der Waals surface area contributed by atoms with Crippen molar-refractivity contribution in [3.63, 3.8) is 0 Å². The number of nitrogens with one attached hydrogen (secondary N) is 1. The Morgan fingerprint density at radius 3 is 2.69 bits per heavy atom. The third-order valence-electron chi connectivity index (χ3n) is 4.12. The Hall–Kier alpha value is -2.38. The van der Waals surface area contributed by atoms with Crippen LogP contribution in [0.25, 0.3) is 21.3 Å². The molecule has 2 heterocycles. The lowest BCUT2D eigenvalue weighted by molar-refractivity contribution is -0.118. The maximum Gasteiger partial charge on any atom is 0.230 e. The van der Waals surface area contributed by atoms with Gasteiger partial charge in [-0.2, -0.15) is 0 Å². The summed E-state index contributed by atoms with van der Waals surface area (Å²) in [5, 5.41) is 4.01. The molecule has 5 nitrogen and oxygen atoms in total. The minimum absolute atomic E-state index is 0.0168. The molecule has 0 aliphatic heterocycles. The molecule has 4 aromatic rings. The maximum absolute atomic E-state index is 12.1. The molecular formula is C19H18N4OS2. The van der Waals surface area contributed by atoms with Crippen molar-refractivity contribution in [1.82, 2.24) is 19.9 Å². The number of benzene rings is 2. The molecule has 0 spiro atoms. The highest BCUT2D eigenvalue weighted by Crippen LogP contribution is 2.24. The van der Waals surface area contributed by atoms with Crippen molar-refractivity contribution in [2.45, 2.75) is 12.3 Å². The Balaban J connectivity index is 1.29. The fourth-order valence-electron chi connectivity index (χ4n) is 2.79. The smallest absolute Gasteiger partial charge is 0.230 e. The quantitative estimate of drug-likeness (QED) is 0.552. The van der Waals surface area contributed by atoms with Gasteiger partial charge in [-0.25, -0.2) is 9.97 Å². The van der Waals surface area contributed by atoms with Gasteiger partial charge in [0.1, 0.15) is 10.8 Å². The highest BCUT2D eigenvalue weighted by Gasteiger charge is 2.09. The van der Waals surface area contributed by atoms with Crippen molar-refractivity contribution in [1.29, 1.82) is 0 Å². The number of para-hydroxylation sites is 3. The third-order valence-corrected chi connectivity index (χ3v) is 6.28. The van der Waals surface area contributed by atoms with Crippen LogP contribution in [-0.4, -0.2) is 26.2 Å². The molecule has 0 fully saturated rings. The molecule has 0 saturated carbocycles. The molecule has 2 aromatic heterocycles. The molecule has 1 N–H and O–H groups in total. The van der Waals surface area contributed by atoms with E-state index in [9.17, 15) is 4.79 Å². The van der Waals surface area contributed by atoms with Gasteiger partial charge in [-0.3, -0.25) is 4.79 Å². The van der Waals surface area contributed by atoms with E-state index in [0.717, 1.165) is 33.1 Å². The summed E-state index contributed by atoms with van der Waals surface area (Å²) in [6.45, 7) is 0.436. The van der Waals surface area contributed by atoms with Gasteiger partial charge in [0.15, 0.2) is 0 Å². The third kappa shape index (κ3) is 3.59. The minimum Gasteiger partial charge on any atom is -0.348 e. The van der Waals surface area contributed by atoms with Crippen molar-refractivity contribution in [3.05, 3.63) is 59.4 Å². The van der Waals surface area contributed by atoms with Gasteiger partial charge in [0.05, 0.1) is 33.5 Å². The van der Waals surface area contributed by atoms with Gasteiger partial charge in [0.2, 0.25) is 5.91 Å². The predicted molar refractivity (Wildman–Crippen MR) is 108 cm³/mol. The summed E-state index contributed by atoms with van der Waals surface area (Å²) in [6.07, 6.45) is 0. The topological polar surface area (TPSA) is 59.8 Å². The summed E-state index contributed by atoms with van der Waals surface area (Å²) in [7, 11) is 1.97. The maximum atomic E-state index is 12.1.